The molecule has 0 radical (unpaired) electrons. The molecule has 0 bridgehead atoms. The molecular weight excluding hydrogens is 272 g/mol. The molecule has 0 fully saturated rings. The van der Waals surface area contributed by atoms with E-state index in [0.29, 0.717) is 17.0 Å². The minimum atomic E-state index is -0.895. The first kappa shape index (κ1) is 15.2. The van der Waals surface area contributed by atoms with Gasteiger partial charge < -0.3 is 19.1 Å². The number of carbonyl (C=O) groups is 1. The van der Waals surface area contributed by atoms with Crippen molar-refractivity contribution in [3.8, 4) is 11.5 Å². The standard InChI is InChI=1S/C15H20N2O4/c1-5-9(2)15-16-10-6-12(20-3)13(21-4)7-11(10)17(15)8-14(18)19/h6-7,9H,5,8H2,1-4H3,(H,18,19). The van der Waals surface area contributed by atoms with Gasteiger partial charge >= 0.3 is 5.97 Å². The zero-order valence-corrected chi connectivity index (χ0v) is 12.7. The van der Waals surface area contributed by atoms with Crippen molar-refractivity contribution in [2.24, 2.45) is 0 Å². The quantitative estimate of drug-likeness (QED) is 0.886. The smallest absolute Gasteiger partial charge is 0.323 e. The molecule has 1 atom stereocenters. The highest BCUT2D eigenvalue weighted by Crippen LogP contribution is 2.34. The van der Waals surface area contributed by atoms with E-state index >= 15 is 0 Å². The van der Waals surface area contributed by atoms with E-state index in [2.05, 4.69) is 11.9 Å². The molecule has 6 heteroatoms. The van der Waals surface area contributed by atoms with E-state index in [1.807, 2.05) is 6.92 Å². The van der Waals surface area contributed by atoms with Gasteiger partial charge in [-0.1, -0.05) is 13.8 Å². The Morgan fingerprint density at radius 3 is 2.48 bits per heavy atom. The van der Waals surface area contributed by atoms with E-state index in [-0.39, 0.29) is 12.5 Å². The third-order valence-corrected chi connectivity index (χ3v) is 3.63. The van der Waals surface area contributed by atoms with Gasteiger partial charge in [-0.15, -0.1) is 0 Å². The molecule has 0 spiro atoms. The van der Waals surface area contributed by atoms with Gasteiger partial charge in [0.2, 0.25) is 0 Å². The Balaban J connectivity index is 2.70. The summed E-state index contributed by atoms with van der Waals surface area (Å²) in [6.45, 7) is 3.97. The van der Waals surface area contributed by atoms with Crippen LogP contribution in [0, 0.1) is 0 Å². The van der Waals surface area contributed by atoms with Gasteiger partial charge in [0.1, 0.15) is 12.4 Å². The molecule has 1 N–H and O–H groups in total. The summed E-state index contributed by atoms with van der Waals surface area (Å²) in [7, 11) is 3.12. The van der Waals surface area contributed by atoms with Crippen LogP contribution in [-0.2, 0) is 11.3 Å². The van der Waals surface area contributed by atoms with Gasteiger partial charge in [-0.3, -0.25) is 4.79 Å². The lowest BCUT2D eigenvalue weighted by molar-refractivity contribution is -0.137. The number of carboxylic acids is 1. The number of imidazole rings is 1. The van der Waals surface area contributed by atoms with Gasteiger partial charge in [0.25, 0.3) is 0 Å². The van der Waals surface area contributed by atoms with Gasteiger partial charge in [0, 0.05) is 18.1 Å². The fourth-order valence-corrected chi connectivity index (χ4v) is 2.33. The Kier molecular flexibility index (Phi) is 4.35. The lowest BCUT2D eigenvalue weighted by Crippen LogP contribution is -2.13. The Morgan fingerprint density at radius 1 is 1.33 bits per heavy atom. The Morgan fingerprint density at radius 2 is 1.95 bits per heavy atom. The normalized spacial score (nSPS) is 12.4. The Hall–Kier alpha value is -2.24. The Bertz CT molecular complexity index is 663. The molecule has 21 heavy (non-hydrogen) atoms. The predicted octanol–water partition coefficient (Wildman–Crippen LogP) is 2.65. The molecule has 6 nitrogen and oxygen atoms in total. The maximum Gasteiger partial charge on any atom is 0.323 e. The van der Waals surface area contributed by atoms with Gasteiger partial charge in [0.05, 0.1) is 25.3 Å². The van der Waals surface area contributed by atoms with Crippen LogP contribution >= 0.6 is 0 Å². The van der Waals surface area contributed by atoms with Gasteiger partial charge in [-0.25, -0.2) is 4.98 Å². The van der Waals surface area contributed by atoms with Crippen molar-refractivity contribution in [2.75, 3.05) is 14.2 Å². The molecule has 0 aliphatic carbocycles. The number of fused-ring (bicyclic) bond motifs is 1. The zero-order valence-electron chi connectivity index (χ0n) is 12.7. The average molecular weight is 292 g/mol. The number of ether oxygens (including phenoxy) is 2. The van der Waals surface area contributed by atoms with Crippen molar-refractivity contribution in [3.63, 3.8) is 0 Å². The second-order valence-electron chi connectivity index (χ2n) is 4.96. The first-order chi connectivity index (χ1) is 10.0. The topological polar surface area (TPSA) is 73.6 Å². The highest BCUT2D eigenvalue weighted by atomic mass is 16.5. The van der Waals surface area contributed by atoms with Crippen LogP contribution in [0.25, 0.3) is 11.0 Å². The lowest BCUT2D eigenvalue weighted by atomic mass is 10.1. The van der Waals surface area contributed by atoms with Crippen LogP contribution in [0.3, 0.4) is 0 Å². The number of aliphatic carboxylic acids is 1. The molecule has 0 amide bonds. The second kappa shape index (κ2) is 6.03. The number of hydrogen-bond donors (Lipinski definition) is 1. The molecule has 0 aliphatic rings. The number of methoxy groups -OCH3 is 2. The van der Waals surface area contributed by atoms with Gasteiger partial charge in [0.15, 0.2) is 11.5 Å². The molecule has 1 aromatic heterocycles. The molecule has 0 saturated heterocycles. The largest absolute Gasteiger partial charge is 0.493 e. The SMILES string of the molecule is CCC(C)c1nc2cc(OC)c(OC)cc2n1CC(=O)O. The van der Waals surface area contributed by atoms with Crippen molar-refractivity contribution >= 4 is 17.0 Å². The molecule has 0 saturated carbocycles. The minimum absolute atomic E-state index is 0.119. The summed E-state index contributed by atoms with van der Waals surface area (Å²) < 4.78 is 12.3. The van der Waals surface area contributed by atoms with E-state index < -0.39 is 5.97 Å². The summed E-state index contributed by atoms with van der Waals surface area (Å²) in [5.74, 6) is 1.19. The highest BCUT2D eigenvalue weighted by molar-refractivity contribution is 5.82. The minimum Gasteiger partial charge on any atom is -0.493 e. The molecular formula is C15H20N2O4. The fourth-order valence-electron chi connectivity index (χ4n) is 2.33. The summed E-state index contributed by atoms with van der Waals surface area (Å²) in [6.07, 6.45) is 0.886. The third-order valence-electron chi connectivity index (χ3n) is 3.63. The lowest BCUT2D eigenvalue weighted by Gasteiger charge is -2.12. The van der Waals surface area contributed by atoms with E-state index in [1.54, 1.807) is 30.9 Å². The van der Waals surface area contributed by atoms with E-state index in [9.17, 15) is 4.79 Å². The second-order valence-corrected chi connectivity index (χ2v) is 4.96. The zero-order chi connectivity index (χ0) is 15.6. The predicted molar refractivity (Wildman–Crippen MR) is 79.2 cm³/mol. The van der Waals surface area contributed by atoms with Crippen LogP contribution in [0.15, 0.2) is 12.1 Å². The summed E-state index contributed by atoms with van der Waals surface area (Å²) in [5.41, 5.74) is 1.45. The van der Waals surface area contributed by atoms with Crippen molar-refractivity contribution < 1.29 is 19.4 Å². The molecule has 0 aliphatic heterocycles. The Labute approximate surface area is 123 Å². The molecule has 1 heterocycles. The maximum atomic E-state index is 11.1. The summed E-state index contributed by atoms with van der Waals surface area (Å²) in [4.78, 5) is 15.7. The number of rotatable bonds is 6. The van der Waals surface area contributed by atoms with Crippen LogP contribution in [0.1, 0.15) is 32.0 Å². The van der Waals surface area contributed by atoms with Gasteiger partial charge in [-0.2, -0.15) is 0 Å². The first-order valence-corrected chi connectivity index (χ1v) is 6.85. The van der Waals surface area contributed by atoms with Crippen molar-refractivity contribution in [2.45, 2.75) is 32.7 Å². The monoisotopic (exact) mass is 292 g/mol. The van der Waals surface area contributed by atoms with E-state index in [4.69, 9.17) is 14.6 Å². The highest BCUT2D eigenvalue weighted by Gasteiger charge is 2.19. The van der Waals surface area contributed by atoms with Crippen LogP contribution in [-0.4, -0.2) is 34.8 Å². The van der Waals surface area contributed by atoms with Crippen LogP contribution < -0.4 is 9.47 Å². The molecule has 2 aromatic rings. The molecule has 1 aromatic carbocycles. The average Bonchev–Trinajstić information content (AvgIpc) is 2.82. The van der Waals surface area contributed by atoms with Crippen molar-refractivity contribution in [3.05, 3.63) is 18.0 Å². The van der Waals surface area contributed by atoms with Crippen molar-refractivity contribution in [1.29, 1.82) is 0 Å². The fraction of sp³-hybridized carbons (Fsp3) is 0.467. The number of nitrogens with zero attached hydrogens (tertiary/aromatic N) is 2. The third kappa shape index (κ3) is 2.79. The number of benzene rings is 1. The van der Waals surface area contributed by atoms with E-state index in [1.165, 1.54) is 0 Å². The molecule has 2 rings (SSSR count). The number of aromatic nitrogens is 2. The van der Waals surface area contributed by atoms with Crippen LogP contribution in [0.2, 0.25) is 0 Å². The van der Waals surface area contributed by atoms with Gasteiger partial charge in [-0.05, 0) is 6.42 Å². The van der Waals surface area contributed by atoms with E-state index in [0.717, 1.165) is 17.8 Å². The van der Waals surface area contributed by atoms with Crippen molar-refractivity contribution in [1.82, 2.24) is 9.55 Å². The first-order valence-electron chi connectivity index (χ1n) is 6.85. The molecule has 1 unspecified atom stereocenters. The number of hydrogen-bond acceptors (Lipinski definition) is 4. The number of carboxylic acid groups (broad SMARTS) is 1. The van der Waals surface area contributed by atoms with Crippen LogP contribution in [0.5, 0.6) is 11.5 Å². The molecule has 114 valence electrons. The summed E-state index contributed by atoms with van der Waals surface area (Å²) in [5, 5.41) is 9.15. The van der Waals surface area contributed by atoms with Crippen LogP contribution in [0.4, 0.5) is 0 Å². The summed E-state index contributed by atoms with van der Waals surface area (Å²) >= 11 is 0. The maximum absolute atomic E-state index is 11.1. The summed E-state index contributed by atoms with van der Waals surface area (Å²) in [6, 6.07) is 3.55.